The van der Waals surface area contributed by atoms with E-state index in [1.165, 1.54) is 5.56 Å². The van der Waals surface area contributed by atoms with Gasteiger partial charge in [0, 0.05) is 29.5 Å². The van der Waals surface area contributed by atoms with Gasteiger partial charge in [0.1, 0.15) is 11.8 Å². The van der Waals surface area contributed by atoms with E-state index in [2.05, 4.69) is 57.0 Å². The standard InChI is InChI=1S/C26H24N4OS/c1-2-18-8-10-20(11-9-18)30-25(24(28-26(30)32)22-6-3-4-16-27-22)23-7-5-17-29(23)19-12-14-21(31)15-13-19/h3-17,24-25,31H,2H2,1H3,(H,28,32)/t24-,25-/m0/s1. The van der Waals surface area contributed by atoms with Crippen molar-refractivity contribution in [1.82, 2.24) is 14.9 Å². The van der Waals surface area contributed by atoms with Gasteiger partial charge in [-0.1, -0.05) is 25.1 Å². The molecule has 0 amide bonds. The fraction of sp³-hybridized carbons (Fsp3) is 0.154. The summed E-state index contributed by atoms with van der Waals surface area (Å²) in [5.41, 5.74) is 5.32. The monoisotopic (exact) mass is 440 g/mol. The Bertz CT molecular complexity index is 1220. The number of nitrogens with one attached hydrogen (secondary N) is 1. The summed E-state index contributed by atoms with van der Waals surface area (Å²) in [6, 6.07) is 25.7. The molecule has 0 saturated carbocycles. The minimum atomic E-state index is -0.111. The molecule has 2 aromatic heterocycles. The molecule has 1 saturated heterocycles. The Hall–Kier alpha value is -3.64. The van der Waals surface area contributed by atoms with Crippen molar-refractivity contribution in [2.45, 2.75) is 25.4 Å². The van der Waals surface area contributed by atoms with Crippen molar-refractivity contribution in [2.75, 3.05) is 4.90 Å². The predicted octanol–water partition coefficient (Wildman–Crippen LogP) is 5.32. The summed E-state index contributed by atoms with van der Waals surface area (Å²) in [7, 11) is 0. The first-order chi connectivity index (χ1) is 15.7. The lowest BCUT2D eigenvalue weighted by Crippen LogP contribution is -2.30. The average Bonchev–Trinajstić information content (AvgIpc) is 3.44. The summed E-state index contributed by atoms with van der Waals surface area (Å²) in [5, 5.41) is 13.9. The molecule has 0 spiro atoms. The van der Waals surface area contributed by atoms with Crippen LogP contribution < -0.4 is 10.2 Å². The largest absolute Gasteiger partial charge is 0.508 e. The van der Waals surface area contributed by atoms with Crippen LogP contribution in [0.4, 0.5) is 5.69 Å². The minimum Gasteiger partial charge on any atom is -0.508 e. The first-order valence-corrected chi connectivity index (χ1v) is 11.1. The molecular weight excluding hydrogens is 416 g/mol. The van der Waals surface area contributed by atoms with Gasteiger partial charge in [-0.15, -0.1) is 0 Å². The van der Waals surface area contributed by atoms with Crippen LogP contribution in [0.3, 0.4) is 0 Å². The van der Waals surface area contributed by atoms with Gasteiger partial charge < -0.3 is 19.9 Å². The van der Waals surface area contributed by atoms with Gasteiger partial charge in [0.25, 0.3) is 0 Å². The Morgan fingerprint density at radius 1 is 0.938 bits per heavy atom. The fourth-order valence-electron chi connectivity index (χ4n) is 4.31. The van der Waals surface area contributed by atoms with Crippen molar-refractivity contribution in [3.63, 3.8) is 0 Å². The molecule has 160 valence electrons. The zero-order valence-corrected chi connectivity index (χ0v) is 18.5. The molecule has 1 aliphatic heterocycles. The number of phenolic OH excluding ortho intramolecular Hbond substituents is 1. The minimum absolute atomic E-state index is 0.103. The Labute approximate surface area is 193 Å². The third-order valence-corrected chi connectivity index (χ3v) is 6.25. The number of nitrogens with zero attached hydrogens (tertiary/aromatic N) is 3. The SMILES string of the molecule is CCc1ccc(N2C(=S)N[C@@H](c3ccccn3)[C@@H]2c2cccn2-c2ccc(O)cc2)cc1. The highest BCUT2D eigenvalue weighted by Crippen LogP contribution is 2.42. The Morgan fingerprint density at radius 3 is 2.38 bits per heavy atom. The van der Waals surface area contributed by atoms with Gasteiger partial charge in [-0.3, -0.25) is 4.98 Å². The molecule has 2 atom stereocenters. The third kappa shape index (κ3) is 3.63. The first-order valence-electron chi connectivity index (χ1n) is 10.7. The van der Waals surface area contributed by atoms with Crippen molar-refractivity contribution < 1.29 is 5.11 Å². The lowest BCUT2D eigenvalue weighted by Gasteiger charge is -2.29. The molecule has 32 heavy (non-hydrogen) atoms. The van der Waals surface area contributed by atoms with Crippen LogP contribution in [0.5, 0.6) is 5.75 Å². The number of aryl methyl sites for hydroxylation is 1. The number of hydrogen-bond acceptors (Lipinski definition) is 3. The predicted molar refractivity (Wildman–Crippen MR) is 131 cm³/mol. The average molecular weight is 441 g/mol. The van der Waals surface area contributed by atoms with Crippen LogP contribution in [0, 0.1) is 0 Å². The van der Waals surface area contributed by atoms with E-state index in [9.17, 15) is 5.11 Å². The van der Waals surface area contributed by atoms with E-state index in [0.717, 1.165) is 29.2 Å². The van der Waals surface area contributed by atoms with E-state index in [4.69, 9.17) is 12.2 Å². The molecule has 0 unspecified atom stereocenters. The van der Waals surface area contributed by atoms with E-state index in [1.54, 1.807) is 12.1 Å². The van der Waals surface area contributed by atoms with Gasteiger partial charge in [0.05, 0.1) is 11.7 Å². The Balaban J connectivity index is 1.64. The lowest BCUT2D eigenvalue weighted by atomic mass is 10.0. The molecule has 1 fully saturated rings. The van der Waals surface area contributed by atoms with Crippen molar-refractivity contribution in [2.24, 2.45) is 0 Å². The molecule has 0 radical (unpaired) electrons. The summed E-state index contributed by atoms with van der Waals surface area (Å²) in [6.45, 7) is 2.15. The molecule has 0 bridgehead atoms. The van der Waals surface area contributed by atoms with Crippen molar-refractivity contribution in [3.05, 3.63) is 108 Å². The highest BCUT2D eigenvalue weighted by Gasteiger charge is 2.42. The summed E-state index contributed by atoms with van der Waals surface area (Å²) < 4.78 is 2.14. The number of aromatic nitrogens is 2. The van der Waals surface area contributed by atoms with Crippen LogP contribution in [0.25, 0.3) is 5.69 Å². The summed E-state index contributed by atoms with van der Waals surface area (Å²) in [5.74, 6) is 0.246. The van der Waals surface area contributed by atoms with Crippen LogP contribution in [0.15, 0.2) is 91.3 Å². The second kappa shape index (κ2) is 8.48. The molecular formula is C26H24N4OS. The highest BCUT2D eigenvalue weighted by atomic mass is 32.1. The van der Waals surface area contributed by atoms with E-state index in [1.807, 2.05) is 48.8 Å². The molecule has 5 nitrogen and oxygen atoms in total. The molecule has 5 rings (SSSR count). The van der Waals surface area contributed by atoms with Crippen LogP contribution in [-0.4, -0.2) is 19.8 Å². The number of pyridine rings is 1. The van der Waals surface area contributed by atoms with E-state index in [0.29, 0.717) is 5.11 Å². The van der Waals surface area contributed by atoms with Gasteiger partial charge in [-0.05, 0) is 84.9 Å². The number of thiocarbonyl (C=S) groups is 1. The molecule has 2 N–H and O–H groups in total. The van der Waals surface area contributed by atoms with Gasteiger partial charge in [-0.2, -0.15) is 0 Å². The van der Waals surface area contributed by atoms with Crippen LogP contribution in [0.2, 0.25) is 0 Å². The topological polar surface area (TPSA) is 53.3 Å². The number of aromatic hydroxyl groups is 1. The number of phenols is 1. The number of benzene rings is 2. The summed E-state index contributed by atoms with van der Waals surface area (Å²) in [4.78, 5) is 6.81. The second-order valence-electron chi connectivity index (χ2n) is 7.84. The number of hydrogen-bond donors (Lipinski definition) is 2. The molecule has 6 heteroatoms. The normalized spacial score (nSPS) is 18.0. The number of anilines is 1. The van der Waals surface area contributed by atoms with Gasteiger partial charge >= 0.3 is 0 Å². The van der Waals surface area contributed by atoms with Crippen molar-refractivity contribution >= 4 is 23.0 Å². The summed E-state index contributed by atoms with van der Waals surface area (Å²) >= 11 is 5.83. The first kappa shape index (κ1) is 20.3. The maximum atomic E-state index is 9.74. The fourth-order valence-corrected chi connectivity index (χ4v) is 4.66. The maximum Gasteiger partial charge on any atom is 0.174 e. The van der Waals surface area contributed by atoms with Gasteiger partial charge in [0.15, 0.2) is 5.11 Å². The zero-order chi connectivity index (χ0) is 22.1. The maximum absolute atomic E-state index is 9.74. The van der Waals surface area contributed by atoms with Crippen LogP contribution >= 0.6 is 12.2 Å². The lowest BCUT2D eigenvalue weighted by molar-refractivity contribution is 0.475. The van der Waals surface area contributed by atoms with E-state index in [-0.39, 0.29) is 17.8 Å². The van der Waals surface area contributed by atoms with Crippen LogP contribution in [0.1, 0.15) is 36.0 Å². The molecule has 2 aromatic carbocycles. The smallest absolute Gasteiger partial charge is 0.174 e. The molecule has 4 aromatic rings. The molecule has 3 heterocycles. The molecule has 1 aliphatic rings. The Kier molecular flexibility index (Phi) is 5.37. The van der Waals surface area contributed by atoms with Gasteiger partial charge in [0.2, 0.25) is 0 Å². The van der Waals surface area contributed by atoms with Crippen molar-refractivity contribution in [3.8, 4) is 11.4 Å². The molecule has 0 aliphatic carbocycles. The third-order valence-electron chi connectivity index (χ3n) is 5.93. The second-order valence-corrected chi connectivity index (χ2v) is 8.22. The Morgan fingerprint density at radius 2 is 1.69 bits per heavy atom. The number of rotatable bonds is 5. The van der Waals surface area contributed by atoms with E-state index >= 15 is 0 Å². The quantitative estimate of drug-likeness (QED) is 0.412. The van der Waals surface area contributed by atoms with Crippen molar-refractivity contribution in [1.29, 1.82) is 0 Å². The summed E-state index contributed by atoms with van der Waals surface area (Å²) in [6.07, 6.45) is 4.85. The highest BCUT2D eigenvalue weighted by molar-refractivity contribution is 7.80. The zero-order valence-electron chi connectivity index (χ0n) is 17.7. The van der Waals surface area contributed by atoms with E-state index < -0.39 is 0 Å². The van der Waals surface area contributed by atoms with Gasteiger partial charge in [-0.25, -0.2) is 0 Å². The van der Waals surface area contributed by atoms with Crippen LogP contribution in [-0.2, 0) is 6.42 Å².